The molecule has 1 saturated carbocycles. The number of nitrogens with one attached hydrogen (secondary N) is 1. The first kappa shape index (κ1) is 8.25. The predicted molar refractivity (Wildman–Crippen MR) is 53.6 cm³/mol. The van der Waals surface area contributed by atoms with E-state index in [0.29, 0.717) is 0 Å². The predicted octanol–water partition coefficient (Wildman–Crippen LogP) is 0.936. The van der Waals surface area contributed by atoms with Crippen LogP contribution >= 0.6 is 0 Å². The molecule has 3 fully saturated rings. The summed E-state index contributed by atoms with van der Waals surface area (Å²) in [7, 11) is 0. The molecular weight excluding hydrogens is 160 g/mol. The molecular formula is C11H20N2. The maximum absolute atomic E-state index is 3.48. The van der Waals surface area contributed by atoms with Crippen molar-refractivity contribution in [3.8, 4) is 0 Å². The van der Waals surface area contributed by atoms with E-state index in [-0.39, 0.29) is 0 Å². The van der Waals surface area contributed by atoms with E-state index < -0.39 is 0 Å². The first-order valence-electron chi connectivity index (χ1n) is 5.79. The Morgan fingerprint density at radius 2 is 2.00 bits per heavy atom. The van der Waals surface area contributed by atoms with Gasteiger partial charge in [-0.2, -0.15) is 0 Å². The van der Waals surface area contributed by atoms with Gasteiger partial charge in [-0.1, -0.05) is 6.92 Å². The topological polar surface area (TPSA) is 15.3 Å². The molecule has 1 N–H and O–H groups in total. The molecule has 0 spiro atoms. The summed E-state index contributed by atoms with van der Waals surface area (Å²) in [6.07, 6.45) is 2.91. The van der Waals surface area contributed by atoms with Gasteiger partial charge in [0, 0.05) is 19.1 Å². The zero-order valence-electron chi connectivity index (χ0n) is 8.50. The van der Waals surface area contributed by atoms with E-state index in [1.165, 1.54) is 39.0 Å². The average molecular weight is 180 g/mol. The van der Waals surface area contributed by atoms with E-state index >= 15 is 0 Å². The molecule has 0 aromatic rings. The highest BCUT2D eigenvalue weighted by Crippen LogP contribution is 2.46. The summed E-state index contributed by atoms with van der Waals surface area (Å²) in [6, 6.07) is 0.897. The molecule has 0 amide bonds. The summed E-state index contributed by atoms with van der Waals surface area (Å²) in [5, 5.41) is 3.48. The molecule has 4 unspecified atom stereocenters. The van der Waals surface area contributed by atoms with Gasteiger partial charge in [-0.25, -0.2) is 0 Å². The number of nitrogens with zero attached hydrogens (tertiary/aromatic N) is 1. The van der Waals surface area contributed by atoms with Crippen LogP contribution in [0, 0.1) is 17.8 Å². The maximum Gasteiger partial charge on any atom is 0.0145 e. The number of rotatable bonds is 1. The summed E-state index contributed by atoms with van der Waals surface area (Å²) in [6.45, 7) is 7.71. The number of likely N-dealkylation sites (tertiary alicyclic amines) is 1. The molecule has 2 heterocycles. The van der Waals surface area contributed by atoms with Crippen LogP contribution in [0.2, 0.25) is 0 Å². The Labute approximate surface area is 80.7 Å². The maximum atomic E-state index is 3.48. The van der Waals surface area contributed by atoms with Crippen LogP contribution in [-0.2, 0) is 0 Å². The fourth-order valence-electron chi connectivity index (χ4n) is 3.25. The summed E-state index contributed by atoms with van der Waals surface area (Å²) >= 11 is 0. The third kappa shape index (κ3) is 1.40. The van der Waals surface area contributed by atoms with Crippen molar-refractivity contribution < 1.29 is 0 Å². The zero-order chi connectivity index (χ0) is 8.84. The fraction of sp³-hybridized carbons (Fsp3) is 1.00. The first-order chi connectivity index (χ1) is 6.34. The monoisotopic (exact) mass is 180 g/mol. The Kier molecular flexibility index (Phi) is 1.88. The van der Waals surface area contributed by atoms with Gasteiger partial charge in [0.25, 0.3) is 0 Å². The minimum Gasteiger partial charge on any atom is -0.316 e. The van der Waals surface area contributed by atoms with Crippen molar-refractivity contribution in [2.45, 2.75) is 25.8 Å². The van der Waals surface area contributed by atoms with Crippen molar-refractivity contribution in [3.05, 3.63) is 0 Å². The van der Waals surface area contributed by atoms with Crippen molar-refractivity contribution in [2.75, 3.05) is 26.2 Å². The molecule has 3 aliphatic rings. The van der Waals surface area contributed by atoms with E-state index in [4.69, 9.17) is 0 Å². The largest absolute Gasteiger partial charge is 0.316 e. The average Bonchev–Trinajstić information content (AvgIpc) is 2.75. The molecule has 0 radical (unpaired) electrons. The van der Waals surface area contributed by atoms with Crippen molar-refractivity contribution in [1.82, 2.24) is 10.2 Å². The second-order valence-electron chi connectivity index (χ2n) is 5.25. The summed E-state index contributed by atoms with van der Waals surface area (Å²) in [4.78, 5) is 2.77. The minimum atomic E-state index is 0.867. The number of hydrogen-bond acceptors (Lipinski definition) is 2. The third-order valence-electron chi connectivity index (χ3n) is 4.22. The van der Waals surface area contributed by atoms with Gasteiger partial charge >= 0.3 is 0 Å². The van der Waals surface area contributed by atoms with Crippen LogP contribution in [0.4, 0.5) is 0 Å². The lowest BCUT2D eigenvalue weighted by Crippen LogP contribution is -2.48. The Balaban J connectivity index is 1.63. The minimum absolute atomic E-state index is 0.867. The van der Waals surface area contributed by atoms with Gasteiger partial charge < -0.3 is 5.32 Å². The van der Waals surface area contributed by atoms with Crippen LogP contribution in [0.3, 0.4) is 0 Å². The second-order valence-corrected chi connectivity index (χ2v) is 5.25. The lowest BCUT2D eigenvalue weighted by molar-refractivity contribution is 0.134. The van der Waals surface area contributed by atoms with Crippen molar-refractivity contribution in [1.29, 1.82) is 0 Å². The van der Waals surface area contributed by atoms with Crippen LogP contribution in [0.5, 0.6) is 0 Å². The Hall–Kier alpha value is -0.0800. The molecule has 74 valence electrons. The molecule has 0 bridgehead atoms. The van der Waals surface area contributed by atoms with E-state index in [1.807, 2.05) is 0 Å². The van der Waals surface area contributed by atoms with Gasteiger partial charge in [0.05, 0.1) is 0 Å². The summed E-state index contributed by atoms with van der Waals surface area (Å²) in [5.74, 6) is 3.07. The summed E-state index contributed by atoms with van der Waals surface area (Å²) < 4.78 is 0. The van der Waals surface area contributed by atoms with Gasteiger partial charge in [0.1, 0.15) is 0 Å². The molecule has 2 saturated heterocycles. The normalized spacial score (nSPS) is 50.5. The molecule has 4 atom stereocenters. The van der Waals surface area contributed by atoms with Gasteiger partial charge in [0.2, 0.25) is 0 Å². The Morgan fingerprint density at radius 3 is 2.69 bits per heavy atom. The van der Waals surface area contributed by atoms with E-state index in [0.717, 1.165) is 23.8 Å². The van der Waals surface area contributed by atoms with Crippen molar-refractivity contribution in [3.63, 3.8) is 0 Å². The quantitative estimate of drug-likeness (QED) is 0.646. The molecule has 2 heteroatoms. The Bertz CT molecular complexity index is 194. The summed E-state index contributed by atoms with van der Waals surface area (Å²) in [5.41, 5.74) is 0. The van der Waals surface area contributed by atoms with Crippen molar-refractivity contribution in [2.24, 2.45) is 17.8 Å². The van der Waals surface area contributed by atoms with Gasteiger partial charge in [-0.05, 0) is 43.7 Å². The smallest absolute Gasteiger partial charge is 0.0145 e. The van der Waals surface area contributed by atoms with Gasteiger partial charge in [-0.15, -0.1) is 0 Å². The molecule has 2 nitrogen and oxygen atoms in total. The van der Waals surface area contributed by atoms with Crippen LogP contribution in [0.1, 0.15) is 19.8 Å². The van der Waals surface area contributed by atoms with Crippen LogP contribution in [0.15, 0.2) is 0 Å². The van der Waals surface area contributed by atoms with Crippen molar-refractivity contribution >= 4 is 0 Å². The lowest BCUT2D eigenvalue weighted by Gasteiger charge is -2.37. The van der Waals surface area contributed by atoms with E-state index in [2.05, 4.69) is 17.1 Å². The lowest BCUT2D eigenvalue weighted by atomic mass is 9.94. The van der Waals surface area contributed by atoms with Crippen LogP contribution < -0.4 is 5.32 Å². The molecule has 1 aliphatic carbocycles. The van der Waals surface area contributed by atoms with Crippen LogP contribution in [-0.4, -0.2) is 37.1 Å². The number of fused-ring (bicyclic) bond motifs is 1. The third-order valence-corrected chi connectivity index (χ3v) is 4.22. The zero-order valence-corrected chi connectivity index (χ0v) is 8.50. The van der Waals surface area contributed by atoms with Gasteiger partial charge in [0.15, 0.2) is 0 Å². The highest BCUT2D eigenvalue weighted by Gasteiger charge is 2.47. The molecule has 0 aromatic heterocycles. The standard InChI is InChI=1S/C11H20N2/c1-8-5-12-3-2-11(8)13-6-9-4-10(9)7-13/h8-12H,2-7H2,1H3. The van der Waals surface area contributed by atoms with E-state index in [9.17, 15) is 0 Å². The molecule has 13 heavy (non-hydrogen) atoms. The van der Waals surface area contributed by atoms with E-state index in [1.54, 1.807) is 0 Å². The molecule has 2 aliphatic heterocycles. The fourth-order valence-corrected chi connectivity index (χ4v) is 3.25. The highest BCUT2D eigenvalue weighted by molar-refractivity contribution is 5.00. The second kappa shape index (κ2) is 2.96. The first-order valence-corrected chi connectivity index (χ1v) is 5.79. The SMILES string of the molecule is CC1CNCCC1N1CC2CC2C1. The van der Waals surface area contributed by atoms with Crippen LogP contribution in [0.25, 0.3) is 0 Å². The molecule has 0 aromatic carbocycles. The van der Waals surface area contributed by atoms with Gasteiger partial charge in [-0.3, -0.25) is 4.90 Å². The number of piperidine rings is 2. The molecule has 3 rings (SSSR count). The number of hydrogen-bond donors (Lipinski definition) is 1. The Morgan fingerprint density at radius 1 is 1.23 bits per heavy atom. The highest BCUT2D eigenvalue weighted by atomic mass is 15.2.